The van der Waals surface area contributed by atoms with Crippen LogP contribution >= 0.6 is 11.6 Å². The summed E-state index contributed by atoms with van der Waals surface area (Å²) in [6.07, 6.45) is 0. The van der Waals surface area contributed by atoms with E-state index in [2.05, 4.69) is 48.5 Å². The molecule has 0 radical (unpaired) electrons. The van der Waals surface area contributed by atoms with Crippen molar-refractivity contribution in [2.45, 2.75) is 17.5 Å². The second kappa shape index (κ2) is 12.8. The van der Waals surface area contributed by atoms with Gasteiger partial charge in [-0.1, -0.05) is 103 Å². The molecular weight excluding hydrogens is 542 g/mol. The van der Waals surface area contributed by atoms with E-state index < -0.39 is 10.0 Å². The minimum atomic E-state index is -3.92. The van der Waals surface area contributed by atoms with E-state index in [1.807, 2.05) is 42.5 Å². The SMILES string of the molecule is O=C(CN(Cc1ccccc1)S(=O)(=O)c1ccc(Cl)cc1)N1CC[NH+](C(c2ccccc2)c2ccccc2)CC1. The number of benzene rings is 4. The van der Waals surface area contributed by atoms with Gasteiger partial charge in [0.1, 0.15) is 6.04 Å². The summed E-state index contributed by atoms with van der Waals surface area (Å²) < 4.78 is 28.5. The Balaban J connectivity index is 1.32. The van der Waals surface area contributed by atoms with Crippen LogP contribution in [0.5, 0.6) is 0 Å². The summed E-state index contributed by atoms with van der Waals surface area (Å²) in [6.45, 7) is 2.53. The molecule has 0 atom stereocenters. The molecule has 1 N–H and O–H groups in total. The summed E-state index contributed by atoms with van der Waals surface area (Å²) in [7, 11) is -3.92. The second-order valence-corrected chi connectivity index (χ2v) is 12.4. The Labute approximate surface area is 241 Å². The van der Waals surface area contributed by atoms with Crippen molar-refractivity contribution in [3.63, 3.8) is 0 Å². The highest BCUT2D eigenvalue weighted by Gasteiger charge is 2.34. The van der Waals surface area contributed by atoms with Gasteiger partial charge >= 0.3 is 0 Å². The van der Waals surface area contributed by atoms with E-state index in [0.717, 1.165) is 18.7 Å². The fourth-order valence-corrected chi connectivity index (χ4v) is 6.81. The largest absolute Gasteiger partial charge is 0.330 e. The average molecular weight is 575 g/mol. The molecular formula is C32H33ClN3O3S+. The molecule has 206 valence electrons. The van der Waals surface area contributed by atoms with Gasteiger partial charge in [-0.3, -0.25) is 4.79 Å². The van der Waals surface area contributed by atoms with Crippen molar-refractivity contribution in [2.24, 2.45) is 0 Å². The molecule has 0 aromatic heterocycles. The minimum Gasteiger partial charge on any atom is -0.330 e. The van der Waals surface area contributed by atoms with Crippen LogP contribution in [-0.2, 0) is 21.4 Å². The zero-order valence-corrected chi connectivity index (χ0v) is 23.8. The Morgan fingerprint density at radius 3 is 1.80 bits per heavy atom. The maximum absolute atomic E-state index is 13.6. The van der Waals surface area contributed by atoms with Crippen molar-refractivity contribution in [1.82, 2.24) is 9.21 Å². The molecule has 0 spiro atoms. The smallest absolute Gasteiger partial charge is 0.243 e. The van der Waals surface area contributed by atoms with Gasteiger partial charge in [-0.2, -0.15) is 4.31 Å². The Morgan fingerprint density at radius 1 is 0.775 bits per heavy atom. The molecule has 1 aliphatic heterocycles. The van der Waals surface area contributed by atoms with Gasteiger partial charge in [-0.05, 0) is 29.8 Å². The number of quaternary nitrogens is 1. The van der Waals surface area contributed by atoms with Gasteiger partial charge in [-0.25, -0.2) is 8.42 Å². The highest BCUT2D eigenvalue weighted by molar-refractivity contribution is 7.89. The first-order valence-corrected chi connectivity index (χ1v) is 15.3. The predicted octanol–water partition coefficient (Wildman–Crippen LogP) is 4.05. The third-order valence-electron chi connectivity index (χ3n) is 7.40. The molecule has 1 heterocycles. The Morgan fingerprint density at radius 2 is 1.27 bits per heavy atom. The van der Waals surface area contributed by atoms with Gasteiger partial charge in [0.15, 0.2) is 0 Å². The molecule has 6 nitrogen and oxygen atoms in total. The summed E-state index contributed by atoms with van der Waals surface area (Å²) in [5.74, 6) is -0.191. The van der Waals surface area contributed by atoms with Crippen molar-refractivity contribution in [2.75, 3.05) is 32.7 Å². The van der Waals surface area contributed by atoms with Crippen LogP contribution in [0.3, 0.4) is 0 Å². The molecule has 0 aliphatic carbocycles. The Hall–Kier alpha value is -3.49. The van der Waals surface area contributed by atoms with E-state index in [1.54, 1.807) is 17.0 Å². The lowest BCUT2D eigenvalue weighted by molar-refractivity contribution is -0.929. The van der Waals surface area contributed by atoms with Crippen LogP contribution in [0.4, 0.5) is 0 Å². The minimum absolute atomic E-state index is 0.104. The molecule has 1 saturated heterocycles. The van der Waals surface area contributed by atoms with Gasteiger partial charge in [0.2, 0.25) is 15.9 Å². The number of hydrogen-bond donors (Lipinski definition) is 1. The van der Waals surface area contributed by atoms with E-state index >= 15 is 0 Å². The highest BCUT2D eigenvalue weighted by atomic mass is 35.5. The number of hydrogen-bond acceptors (Lipinski definition) is 3. The monoisotopic (exact) mass is 574 g/mol. The van der Waals surface area contributed by atoms with E-state index in [4.69, 9.17) is 11.6 Å². The van der Waals surface area contributed by atoms with E-state index in [1.165, 1.54) is 32.5 Å². The topological polar surface area (TPSA) is 62.1 Å². The number of nitrogens with zero attached hydrogens (tertiary/aromatic N) is 2. The third kappa shape index (κ3) is 6.62. The molecule has 4 aromatic carbocycles. The molecule has 1 amide bonds. The third-order valence-corrected chi connectivity index (χ3v) is 9.46. The fraction of sp³-hybridized carbons (Fsp3) is 0.219. The molecule has 0 unspecified atom stereocenters. The normalized spacial score (nSPS) is 14.5. The summed E-state index contributed by atoms with van der Waals surface area (Å²) in [6, 6.07) is 36.5. The van der Waals surface area contributed by atoms with E-state index in [-0.39, 0.29) is 29.9 Å². The number of carbonyl (C=O) groups excluding carboxylic acids is 1. The first-order valence-electron chi connectivity index (χ1n) is 13.4. The number of carbonyl (C=O) groups is 1. The lowest BCUT2D eigenvalue weighted by Crippen LogP contribution is -3.15. The first-order chi connectivity index (χ1) is 19.4. The molecule has 4 aromatic rings. The quantitative estimate of drug-likeness (QED) is 0.328. The van der Waals surface area contributed by atoms with Crippen LogP contribution in [0.25, 0.3) is 0 Å². The van der Waals surface area contributed by atoms with Gasteiger partial charge in [-0.15, -0.1) is 0 Å². The first kappa shape index (κ1) is 28.1. The number of piperazine rings is 1. The van der Waals surface area contributed by atoms with E-state index in [9.17, 15) is 13.2 Å². The van der Waals surface area contributed by atoms with Crippen LogP contribution in [-0.4, -0.2) is 56.3 Å². The van der Waals surface area contributed by atoms with Crippen molar-refractivity contribution in [3.8, 4) is 0 Å². The van der Waals surface area contributed by atoms with Crippen LogP contribution < -0.4 is 4.90 Å². The van der Waals surface area contributed by atoms with E-state index in [0.29, 0.717) is 18.1 Å². The fourth-order valence-electron chi connectivity index (χ4n) is 5.31. The standard InChI is InChI=1S/C32H32ClN3O3S/c33-29-16-18-30(19-17-29)40(38,39)36(24-26-10-4-1-5-11-26)25-31(37)34-20-22-35(23-21-34)32(27-12-6-2-7-13-27)28-14-8-3-9-15-28/h1-19,32H,20-25H2/p+1. The molecule has 5 rings (SSSR count). The van der Waals surface area contributed by atoms with Gasteiger partial charge < -0.3 is 9.80 Å². The number of halogens is 1. The number of rotatable bonds is 9. The zero-order chi connectivity index (χ0) is 28.0. The maximum Gasteiger partial charge on any atom is 0.243 e. The van der Waals surface area contributed by atoms with Crippen LogP contribution in [0.2, 0.25) is 5.02 Å². The number of sulfonamides is 1. The predicted molar refractivity (Wildman–Crippen MR) is 157 cm³/mol. The van der Waals surface area contributed by atoms with Crippen LogP contribution in [0, 0.1) is 0 Å². The van der Waals surface area contributed by atoms with Gasteiger partial charge in [0.25, 0.3) is 0 Å². The molecule has 0 bridgehead atoms. The molecule has 0 saturated carbocycles. The lowest BCUT2D eigenvalue weighted by Gasteiger charge is -2.37. The van der Waals surface area contributed by atoms with Crippen molar-refractivity contribution in [3.05, 3.63) is 137 Å². The van der Waals surface area contributed by atoms with Crippen molar-refractivity contribution >= 4 is 27.5 Å². The summed E-state index contributed by atoms with van der Waals surface area (Å²) >= 11 is 6.00. The maximum atomic E-state index is 13.6. The van der Waals surface area contributed by atoms with Gasteiger partial charge in [0, 0.05) is 22.7 Å². The second-order valence-electron chi connectivity index (χ2n) is 10.0. The van der Waals surface area contributed by atoms with Crippen LogP contribution in [0.15, 0.2) is 120 Å². The zero-order valence-electron chi connectivity index (χ0n) is 22.2. The summed E-state index contributed by atoms with van der Waals surface area (Å²) in [4.78, 5) is 16.8. The lowest BCUT2D eigenvalue weighted by atomic mass is 9.96. The van der Waals surface area contributed by atoms with Crippen molar-refractivity contribution in [1.29, 1.82) is 0 Å². The Kier molecular flexibility index (Phi) is 8.97. The molecule has 1 aliphatic rings. The molecule has 40 heavy (non-hydrogen) atoms. The van der Waals surface area contributed by atoms with Gasteiger partial charge in [0.05, 0.1) is 37.6 Å². The number of amides is 1. The summed E-state index contributed by atoms with van der Waals surface area (Å²) in [5, 5.41) is 0.453. The molecule has 1 fully saturated rings. The molecule has 8 heteroatoms. The highest BCUT2D eigenvalue weighted by Crippen LogP contribution is 2.22. The summed E-state index contributed by atoms with van der Waals surface area (Å²) in [5.41, 5.74) is 3.30. The van der Waals surface area contributed by atoms with Crippen molar-refractivity contribution < 1.29 is 18.1 Å². The average Bonchev–Trinajstić information content (AvgIpc) is 2.99. The number of nitrogens with one attached hydrogen (secondary N) is 1. The van der Waals surface area contributed by atoms with Crippen LogP contribution in [0.1, 0.15) is 22.7 Å². The Bertz CT molecular complexity index is 1450.